The number of thiazole rings is 1. The van der Waals surface area contributed by atoms with Crippen molar-refractivity contribution in [2.75, 3.05) is 46.8 Å². The molecule has 0 radical (unpaired) electrons. The first kappa shape index (κ1) is 46.0. The summed E-state index contributed by atoms with van der Waals surface area (Å²) in [6.07, 6.45) is -3.42. The highest BCUT2D eigenvalue weighted by Crippen LogP contribution is 2.36. The van der Waals surface area contributed by atoms with Crippen LogP contribution in [0.1, 0.15) is 86.1 Å². The predicted molar refractivity (Wildman–Crippen MR) is 205 cm³/mol. The van der Waals surface area contributed by atoms with Gasteiger partial charge in [-0.1, -0.05) is 20.8 Å². The lowest BCUT2D eigenvalue weighted by atomic mass is 9.78. The Kier molecular flexibility index (Phi) is 18.0. The number of nitrogens with zero attached hydrogens (tertiary/aromatic N) is 3. The van der Waals surface area contributed by atoms with E-state index in [1.54, 1.807) is 45.2 Å². The highest BCUT2D eigenvalue weighted by molar-refractivity contribution is 7.09. The van der Waals surface area contributed by atoms with Crippen LogP contribution in [-0.2, 0) is 25.5 Å². The van der Waals surface area contributed by atoms with Gasteiger partial charge in [-0.05, 0) is 93.4 Å². The van der Waals surface area contributed by atoms with Crippen LogP contribution < -0.4 is 10.6 Å². The lowest BCUT2D eigenvalue weighted by molar-refractivity contribution is -0.299. The second kappa shape index (κ2) is 20.7. The molecule has 2 saturated heterocycles. The second-order valence-electron chi connectivity index (χ2n) is 16.4. The molecular weight excluding hydrogens is 703 g/mol. The Morgan fingerprint density at radius 3 is 2.36 bits per heavy atom. The molecule has 0 saturated carbocycles. The molecule has 15 heteroatoms. The van der Waals surface area contributed by atoms with Crippen molar-refractivity contribution in [1.29, 1.82) is 0 Å². The summed E-state index contributed by atoms with van der Waals surface area (Å²) >= 11 is 1.62. The number of carbonyl (C=O) groups excluding carboxylic acids is 1. The molecule has 7 N–H and O–H groups in total. The molecule has 2 aliphatic rings. The van der Waals surface area contributed by atoms with E-state index in [1.807, 2.05) is 45.1 Å². The number of esters is 1. The number of carbonyl (C=O) groups is 1. The maximum absolute atomic E-state index is 13.6. The maximum Gasteiger partial charge on any atom is 0.311 e. The molecule has 3 heterocycles. The number of ether oxygens (including phenoxy) is 3. The van der Waals surface area contributed by atoms with Gasteiger partial charge in [0, 0.05) is 55.8 Å². The zero-order valence-corrected chi connectivity index (χ0v) is 34.6. The van der Waals surface area contributed by atoms with Gasteiger partial charge in [0.05, 0.1) is 29.8 Å². The van der Waals surface area contributed by atoms with Gasteiger partial charge in [-0.2, -0.15) is 0 Å². The molecule has 2 fully saturated rings. The number of hydrogen-bond acceptors (Lipinski definition) is 15. The van der Waals surface area contributed by atoms with Gasteiger partial charge >= 0.3 is 5.97 Å². The largest absolute Gasteiger partial charge is 0.459 e. The van der Waals surface area contributed by atoms with Crippen LogP contribution in [0.25, 0.3) is 0 Å². The Morgan fingerprint density at radius 2 is 1.74 bits per heavy atom. The van der Waals surface area contributed by atoms with Crippen LogP contribution in [0.15, 0.2) is 11.6 Å². The molecule has 2 aliphatic heterocycles. The van der Waals surface area contributed by atoms with Gasteiger partial charge in [0.25, 0.3) is 0 Å². The van der Waals surface area contributed by atoms with Gasteiger partial charge in [-0.3, -0.25) is 9.69 Å². The van der Waals surface area contributed by atoms with Crippen LogP contribution in [0.3, 0.4) is 0 Å². The van der Waals surface area contributed by atoms with Crippen LogP contribution in [-0.4, -0.2) is 159 Å². The van der Waals surface area contributed by atoms with Crippen molar-refractivity contribution < 1.29 is 44.5 Å². The van der Waals surface area contributed by atoms with Gasteiger partial charge in [0.2, 0.25) is 0 Å². The van der Waals surface area contributed by atoms with Gasteiger partial charge in [0.15, 0.2) is 6.29 Å². The van der Waals surface area contributed by atoms with Crippen molar-refractivity contribution in [1.82, 2.24) is 25.4 Å². The molecule has 0 spiro atoms. The van der Waals surface area contributed by atoms with E-state index in [0.29, 0.717) is 19.5 Å². The minimum absolute atomic E-state index is 0.142. The minimum Gasteiger partial charge on any atom is -0.459 e. The summed E-state index contributed by atoms with van der Waals surface area (Å²) in [6, 6.07) is -0.794. The zero-order valence-electron chi connectivity index (χ0n) is 33.8. The number of hydrogen-bond donors (Lipinski definition) is 7. The van der Waals surface area contributed by atoms with Crippen molar-refractivity contribution in [3.8, 4) is 0 Å². The summed E-state index contributed by atoms with van der Waals surface area (Å²) in [6.45, 7) is 18.1. The van der Waals surface area contributed by atoms with Crippen molar-refractivity contribution >= 4 is 17.3 Å². The average Bonchev–Trinajstić information content (AvgIpc) is 3.62. The molecule has 0 unspecified atom stereocenters. The molecule has 0 aliphatic carbocycles. The van der Waals surface area contributed by atoms with E-state index in [9.17, 15) is 30.3 Å². The predicted octanol–water partition coefficient (Wildman–Crippen LogP) is 1.57. The van der Waals surface area contributed by atoms with Crippen LogP contribution >= 0.6 is 11.3 Å². The van der Waals surface area contributed by atoms with E-state index in [1.165, 1.54) is 6.92 Å². The Balaban J connectivity index is 1.86. The van der Waals surface area contributed by atoms with Crippen LogP contribution in [0, 0.1) is 17.8 Å². The van der Waals surface area contributed by atoms with Crippen LogP contribution in [0.5, 0.6) is 0 Å². The minimum atomic E-state index is -1.80. The van der Waals surface area contributed by atoms with E-state index in [2.05, 4.69) is 20.5 Å². The van der Waals surface area contributed by atoms with Crippen LogP contribution in [0.2, 0.25) is 0 Å². The average molecular weight is 774 g/mol. The summed E-state index contributed by atoms with van der Waals surface area (Å²) in [4.78, 5) is 21.9. The topological polar surface area (TPSA) is 189 Å². The summed E-state index contributed by atoms with van der Waals surface area (Å²) < 4.78 is 18.5. The molecule has 308 valence electrons. The van der Waals surface area contributed by atoms with Crippen molar-refractivity contribution in [3.05, 3.63) is 16.6 Å². The van der Waals surface area contributed by atoms with Crippen molar-refractivity contribution in [3.63, 3.8) is 0 Å². The standard InChI is InChI=1S/C38H71N5O9S/c1-11-29-38(8,49)33(46)27(6)43(17-12-13-39-14-15-40-21-30-41-16-18-53-30)22-23(2)20-37(7,48)34(25(4)31(44)26(5)35(47)51-29)52-36-32(45)28(42(9)10)19-24(3)50-36/h16,18,23-29,31-34,36,39-40,44-46,48-49H,11-15,17,19-22H2,1-10H3/t23-,24-,25+,26-,27+,28+,29+,31+,32-,33-,34-,36+,37-,38-/m1/s1. The fraction of sp³-hybridized carbons (Fsp3) is 0.895. The van der Waals surface area contributed by atoms with Gasteiger partial charge in [-0.25, -0.2) is 4.98 Å². The Morgan fingerprint density at radius 1 is 1.06 bits per heavy atom. The molecule has 14 atom stereocenters. The van der Waals surface area contributed by atoms with E-state index < -0.39 is 71.9 Å². The number of rotatable bonds is 13. The first-order valence-electron chi connectivity index (χ1n) is 19.5. The zero-order chi connectivity index (χ0) is 39.7. The van der Waals surface area contributed by atoms with Gasteiger partial charge in [-0.15, -0.1) is 11.3 Å². The van der Waals surface area contributed by atoms with Crippen molar-refractivity contribution in [2.45, 2.75) is 154 Å². The first-order chi connectivity index (χ1) is 24.8. The molecule has 14 nitrogen and oxygen atoms in total. The number of likely N-dealkylation sites (N-methyl/N-ethyl adjacent to an activating group) is 1. The summed E-state index contributed by atoms with van der Waals surface area (Å²) in [7, 11) is 3.77. The molecule has 53 heavy (non-hydrogen) atoms. The molecule has 1 aromatic heterocycles. The molecule has 0 bridgehead atoms. The second-order valence-corrected chi connectivity index (χ2v) is 17.4. The third kappa shape index (κ3) is 12.6. The van der Waals surface area contributed by atoms with Gasteiger partial charge in [0.1, 0.15) is 28.9 Å². The normalized spacial score (nSPS) is 40.1. The lowest BCUT2D eigenvalue weighted by Gasteiger charge is -2.46. The molecule has 1 aromatic rings. The smallest absolute Gasteiger partial charge is 0.311 e. The summed E-state index contributed by atoms with van der Waals surface area (Å²) in [5.41, 5.74) is -3.34. The third-order valence-electron chi connectivity index (χ3n) is 11.3. The Bertz CT molecular complexity index is 1210. The SMILES string of the molecule is CC[C@@H]1OC(=O)[C@H](C)[C@@H](O)[C@H](C)[C@@H](O[C@@H]2O[C@H](C)C[C@H](N(C)C)[C@H]2O)[C@](C)(O)C[C@@H](C)CN(CCCNCCNCc2nccs2)[C@@H](C)[C@@H](O)[C@]1(C)O. The molecule has 0 aromatic carbocycles. The Labute approximate surface area is 321 Å². The van der Waals surface area contributed by atoms with E-state index in [4.69, 9.17) is 14.2 Å². The highest BCUT2D eigenvalue weighted by atomic mass is 32.1. The number of nitrogens with one attached hydrogen (secondary N) is 2. The number of aromatic nitrogens is 1. The quantitative estimate of drug-likeness (QED) is 0.113. The highest BCUT2D eigenvalue weighted by Gasteiger charge is 2.50. The summed E-state index contributed by atoms with van der Waals surface area (Å²) in [5.74, 6) is -2.75. The van der Waals surface area contributed by atoms with E-state index in [0.717, 1.165) is 37.6 Å². The molecule has 3 rings (SSSR count). The molecular formula is C38H71N5O9S. The lowest BCUT2D eigenvalue weighted by Crippen LogP contribution is -2.59. The molecule has 0 amide bonds. The number of aliphatic hydroxyl groups excluding tert-OH is 3. The summed E-state index contributed by atoms with van der Waals surface area (Å²) in [5, 5.41) is 68.6. The third-order valence-corrected chi connectivity index (χ3v) is 12.1. The fourth-order valence-electron chi connectivity index (χ4n) is 8.14. The maximum atomic E-state index is 13.6. The van der Waals surface area contributed by atoms with Gasteiger partial charge < -0.3 is 55.3 Å². The van der Waals surface area contributed by atoms with E-state index in [-0.39, 0.29) is 30.9 Å². The van der Waals surface area contributed by atoms with E-state index >= 15 is 0 Å². The first-order valence-corrected chi connectivity index (χ1v) is 20.4. The fourth-order valence-corrected chi connectivity index (χ4v) is 8.73. The van der Waals surface area contributed by atoms with Crippen molar-refractivity contribution in [2.24, 2.45) is 17.8 Å². The number of aliphatic hydroxyl groups is 5. The monoisotopic (exact) mass is 773 g/mol. The number of cyclic esters (lactones) is 1. The Hall–Kier alpha value is -1.34. The van der Waals surface area contributed by atoms with Crippen LogP contribution in [0.4, 0.5) is 0 Å².